The molecule has 0 aromatic carbocycles. The second kappa shape index (κ2) is 6.34. The molecule has 0 heterocycles. The Hall–Kier alpha value is -0.780. The fourth-order valence-electron chi connectivity index (χ4n) is 0.700. The van der Waals surface area contributed by atoms with Crippen molar-refractivity contribution in [2.24, 2.45) is 5.92 Å². The van der Waals surface area contributed by atoms with Gasteiger partial charge in [0.1, 0.15) is 0 Å². The third-order valence-electron chi connectivity index (χ3n) is 1.41. The van der Waals surface area contributed by atoms with Crippen molar-refractivity contribution >= 4 is 0 Å². The van der Waals surface area contributed by atoms with Crippen molar-refractivity contribution in [3.05, 3.63) is 43.9 Å². The van der Waals surface area contributed by atoms with Crippen LogP contribution < -0.4 is 0 Å². The van der Waals surface area contributed by atoms with Crippen molar-refractivity contribution in [3.8, 4) is 0 Å². The molecule has 0 aromatic rings. The number of hydrogen-bond acceptors (Lipinski definition) is 0. The van der Waals surface area contributed by atoms with E-state index in [1.165, 1.54) is 0 Å². The maximum Gasteiger partial charge on any atom is -0.0173 e. The van der Waals surface area contributed by atoms with E-state index in [4.69, 9.17) is 0 Å². The molecule has 0 fully saturated rings. The lowest BCUT2D eigenvalue weighted by Crippen LogP contribution is -1.90. The molecule has 0 nitrogen and oxygen atoms in total. The Morgan fingerprint density at radius 2 is 2.10 bits per heavy atom. The van der Waals surface area contributed by atoms with Crippen molar-refractivity contribution in [2.75, 3.05) is 0 Å². The first-order chi connectivity index (χ1) is 4.85. The van der Waals surface area contributed by atoms with Crippen molar-refractivity contribution < 1.29 is 0 Å². The first-order valence-corrected chi connectivity index (χ1v) is 3.54. The number of hydrogen-bond donors (Lipinski definition) is 0. The van der Waals surface area contributed by atoms with Gasteiger partial charge in [0.15, 0.2) is 0 Å². The van der Waals surface area contributed by atoms with E-state index < -0.39 is 0 Å². The molecule has 1 atom stereocenters. The van der Waals surface area contributed by atoms with Crippen molar-refractivity contribution in [1.29, 1.82) is 0 Å². The minimum atomic E-state index is 0.510. The molecule has 1 unspecified atom stereocenters. The Labute approximate surface area is 64.0 Å². The molecule has 0 saturated heterocycles. The quantitative estimate of drug-likeness (QED) is 0.401. The molecule has 0 bridgehead atoms. The highest BCUT2D eigenvalue weighted by atomic mass is 14.0. The summed E-state index contributed by atoms with van der Waals surface area (Å²) in [4.78, 5) is 0. The molecule has 0 amide bonds. The minimum absolute atomic E-state index is 0.510. The molecule has 0 aliphatic carbocycles. The number of rotatable bonds is 5. The zero-order valence-electron chi connectivity index (χ0n) is 6.59. The SMILES string of the molecule is C=CC=CCC([CH]C)C=C. The normalized spacial score (nSPS) is 13.3. The average molecular weight is 135 g/mol. The van der Waals surface area contributed by atoms with E-state index in [0.29, 0.717) is 5.92 Å². The van der Waals surface area contributed by atoms with E-state index >= 15 is 0 Å². The molecule has 0 saturated carbocycles. The minimum Gasteiger partial charge on any atom is -0.103 e. The van der Waals surface area contributed by atoms with E-state index in [-0.39, 0.29) is 0 Å². The van der Waals surface area contributed by atoms with E-state index in [1.807, 2.05) is 19.1 Å². The summed E-state index contributed by atoms with van der Waals surface area (Å²) >= 11 is 0. The van der Waals surface area contributed by atoms with Gasteiger partial charge in [-0.1, -0.05) is 37.8 Å². The second-order valence-electron chi connectivity index (χ2n) is 2.13. The van der Waals surface area contributed by atoms with Crippen LogP contribution in [0.5, 0.6) is 0 Å². The highest BCUT2D eigenvalue weighted by Crippen LogP contribution is 2.07. The topological polar surface area (TPSA) is 0 Å². The van der Waals surface area contributed by atoms with Crippen LogP contribution >= 0.6 is 0 Å². The fraction of sp³-hybridized carbons (Fsp3) is 0.300. The van der Waals surface area contributed by atoms with Gasteiger partial charge in [0.25, 0.3) is 0 Å². The van der Waals surface area contributed by atoms with Gasteiger partial charge in [0, 0.05) is 0 Å². The van der Waals surface area contributed by atoms with Gasteiger partial charge in [0.05, 0.1) is 0 Å². The predicted octanol–water partition coefficient (Wildman–Crippen LogP) is 3.15. The molecule has 55 valence electrons. The lowest BCUT2D eigenvalue weighted by atomic mass is 10.0. The van der Waals surface area contributed by atoms with Crippen LogP contribution in [0.2, 0.25) is 0 Å². The van der Waals surface area contributed by atoms with Gasteiger partial charge in [-0.05, 0) is 18.8 Å². The fourth-order valence-corrected chi connectivity index (χ4v) is 0.700. The summed E-state index contributed by atoms with van der Waals surface area (Å²) in [5.41, 5.74) is 0. The van der Waals surface area contributed by atoms with Crippen LogP contribution in [0.4, 0.5) is 0 Å². The van der Waals surface area contributed by atoms with Crippen LogP contribution in [0.15, 0.2) is 37.5 Å². The summed E-state index contributed by atoms with van der Waals surface area (Å²) in [5.74, 6) is 0.510. The van der Waals surface area contributed by atoms with Gasteiger partial charge < -0.3 is 0 Å². The number of allylic oxidation sites excluding steroid dienone is 4. The lowest BCUT2D eigenvalue weighted by molar-refractivity contribution is 0.770. The van der Waals surface area contributed by atoms with Crippen molar-refractivity contribution in [1.82, 2.24) is 0 Å². The molecule has 0 heteroatoms. The Morgan fingerprint density at radius 3 is 2.50 bits per heavy atom. The monoisotopic (exact) mass is 135 g/mol. The Morgan fingerprint density at radius 1 is 1.40 bits per heavy atom. The highest BCUT2D eigenvalue weighted by Gasteiger charge is 1.95. The summed E-state index contributed by atoms with van der Waals surface area (Å²) in [6.45, 7) is 9.36. The summed E-state index contributed by atoms with van der Waals surface area (Å²) in [7, 11) is 0. The van der Waals surface area contributed by atoms with E-state index in [1.54, 1.807) is 6.08 Å². The molecule has 0 aromatic heterocycles. The maximum absolute atomic E-state index is 3.72. The molecular formula is C10H15. The highest BCUT2D eigenvalue weighted by molar-refractivity contribution is 5.01. The van der Waals surface area contributed by atoms with Gasteiger partial charge in [-0.2, -0.15) is 0 Å². The molecular weight excluding hydrogens is 120 g/mol. The Bertz CT molecular complexity index is 120. The molecule has 0 rings (SSSR count). The molecule has 1 radical (unpaired) electrons. The largest absolute Gasteiger partial charge is 0.103 e. The van der Waals surface area contributed by atoms with Crippen LogP contribution in [-0.4, -0.2) is 0 Å². The average Bonchev–Trinajstić information content (AvgIpc) is 1.99. The van der Waals surface area contributed by atoms with Crippen molar-refractivity contribution in [2.45, 2.75) is 13.3 Å². The van der Waals surface area contributed by atoms with Crippen LogP contribution in [0.25, 0.3) is 0 Å². The maximum atomic E-state index is 3.72. The third kappa shape index (κ3) is 4.13. The third-order valence-corrected chi connectivity index (χ3v) is 1.41. The Kier molecular flexibility index (Phi) is 5.85. The summed E-state index contributed by atoms with van der Waals surface area (Å²) in [5, 5.41) is 0. The zero-order chi connectivity index (χ0) is 7.82. The van der Waals surface area contributed by atoms with Crippen LogP contribution in [0.1, 0.15) is 13.3 Å². The molecule has 10 heavy (non-hydrogen) atoms. The first kappa shape index (κ1) is 9.22. The van der Waals surface area contributed by atoms with Crippen LogP contribution in [0, 0.1) is 12.3 Å². The molecule has 0 aliphatic heterocycles. The summed E-state index contributed by atoms with van der Waals surface area (Å²) < 4.78 is 0. The first-order valence-electron chi connectivity index (χ1n) is 3.54. The summed E-state index contributed by atoms with van der Waals surface area (Å²) in [6, 6.07) is 0. The van der Waals surface area contributed by atoms with E-state index in [9.17, 15) is 0 Å². The van der Waals surface area contributed by atoms with Crippen LogP contribution in [-0.2, 0) is 0 Å². The second-order valence-corrected chi connectivity index (χ2v) is 2.13. The van der Waals surface area contributed by atoms with Crippen LogP contribution in [0.3, 0.4) is 0 Å². The molecule has 0 aliphatic rings. The standard InChI is InChI=1S/C10H15/c1-4-7-8-9-10(5-2)6-3/h4-8,10H,1-2,9H2,3H3. The van der Waals surface area contributed by atoms with Gasteiger partial charge in [0.2, 0.25) is 0 Å². The predicted molar refractivity (Wildman–Crippen MR) is 47.6 cm³/mol. The van der Waals surface area contributed by atoms with E-state index in [2.05, 4.69) is 25.7 Å². The smallest absolute Gasteiger partial charge is 0.0173 e. The van der Waals surface area contributed by atoms with Gasteiger partial charge >= 0.3 is 0 Å². The molecule has 0 N–H and O–H groups in total. The Balaban J connectivity index is 3.52. The lowest BCUT2D eigenvalue weighted by Gasteiger charge is -2.02. The van der Waals surface area contributed by atoms with E-state index in [0.717, 1.165) is 6.42 Å². The molecule has 0 spiro atoms. The van der Waals surface area contributed by atoms with Gasteiger partial charge in [-0.15, -0.1) is 6.58 Å². The van der Waals surface area contributed by atoms with Gasteiger partial charge in [-0.3, -0.25) is 0 Å². The van der Waals surface area contributed by atoms with Gasteiger partial charge in [-0.25, -0.2) is 0 Å². The zero-order valence-corrected chi connectivity index (χ0v) is 6.59. The van der Waals surface area contributed by atoms with Crippen molar-refractivity contribution in [3.63, 3.8) is 0 Å². The summed E-state index contributed by atoms with van der Waals surface area (Å²) in [6.07, 6.45) is 11.0.